The van der Waals surface area contributed by atoms with Crippen LogP contribution in [0.25, 0.3) is 0 Å². The van der Waals surface area contributed by atoms with Crippen molar-refractivity contribution in [1.82, 2.24) is 0 Å². The molecule has 0 saturated carbocycles. The van der Waals surface area contributed by atoms with E-state index >= 15 is 0 Å². The quantitative estimate of drug-likeness (QED) is 0.815. The van der Waals surface area contributed by atoms with E-state index in [1.807, 2.05) is 18.2 Å². The number of hydrogen-bond acceptors (Lipinski definition) is 3. The Kier molecular flexibility index (Phi) is 4.62. The summed E-state index contributed by atoms with van der Waals surface area (Å²) >= 11 is 11.3. The highest BCUT2D eigenvalue weighted by Gasteiger charge is 2.32. The van der Waals surface area contributed by atoms with Crippen LogP contribution in [0.15, 0.2) is 27.7 Å². The van der Waals surface area contributed by atoms with Gasteiger partial charge in [-0.3, -0.25) is 4.99 Å². The first-order chi connectivity index (χ1) is 8.58. The summed E-state index contributed by atoms with van der Waals surface area (Å²) in [5, 5.41) is 5.07. The lowest BCUT2D eigenvalue weighted by atomic mass is 9.97. The van der Waals surface area contributed by atoms with E-state index in [1.165, 1.54) is 0 Å². The fourth-order valence-corrected chi connectivity index (χ4v) is 3.70. The molecule has 0 aliphatic carbocycles. The predicted molar refractivity (Wildman–Crippen MR) is 86.0 cm³/mol. The number of nitrogens with zero attached hydrogens (tertiary/aromatic N) is 1. The number of thioether (sulfide) groups is 1. The molecule has 1 N–H and O–H groups in total. The van der Waals surface area contributed by atoms with Crippen LogP contribution in [0.2, 0.25) is 5.02 Å². The second-order valence-electron chi connectivity index (χ2n) is 4.39. The van der Waals surface area contributed by atoms with Gasteiger partial charge in [-0.2, -0.15) is 0 Å². The van der Waals surface area contributed by atoms with Crippen LogP contribution in [-0.4, -0.2) is 16.5 Å². The number of rotatable bonds is 3. The first-order valence-electron chi connectivity index (χ1n) is 6.03. The summed E-state index contributed by atoms with van der Waals surface area (Å²) < 4.78 is 1.00. The Balaban J connectivity index is 2.18. The molecule has 0 amide bonds. The highest BCUT2D eigenvalue weighted by Crippen LogP contribution is 2.35. The molecule has 1 aromatic rings. The van der Waals surface area contributed by atoms with Crippen LogP contribution in [0.5, 0.6) is 0 Å². The summed E-state index contributed by atoms with van der Waals surface area (Å²) in [4.78, 5) is 4.83. The van der Waals surface area contributed by atoms with Gasteiger partial charge in [0.2, 0.25) is 0 Å². The minimum Gasteiger partial charge on any atom is -0.334 e. The molecule has 18 heavy (non-hydrogen) atoms. The van der Waals surface area contributed by atoms with Crippen LogP contribution < -0.4 is 5.32 Å². The van der Waals surface area contributed by atoms with Gasteiger partial charge < -0.3 is 5.32 Å². The lowest BCUT2D eigenvalue weighted by Gasteiger charge is -2.20. The van der Waals surface area contributed by atoms with E-state index < -0.39 is 0 Å². The topological polar surface area (TPSA) is 24.4 Å². The predicted octanol–water partition coefficient (Wildman–Crippen LogP) is 5.18. The van der Waals surface area contributed by atoms with Crippen molar-refractivity contribution in [2.24, 2.45) is 4.99 Å². The summed E-state index contributed by atoms with van der Waals surface area (Å²) in [7, 11) is 0. The summed E-state index contributed by atoms with van der Waals surface area (Å²) in [6.45, 7) is 4.40. The van der Waals surface area contributed by atoms with Crippen LogP contribution in [0, 0.1) is 0 Å². The fraction of sp³-hybridized carbons (Fsp3) is 0.462. The third kappa shape index (κ3) is 3.03. The van der Waals surface area contributed by atoms with E-state index in [0.29, 0.717) is 0 Å². The molecule has 2 nitrogen and oxygen atoms in total. The average molecular weight is 348 g/mol. The summed E-state index contributed by atoms with van der Waals surface area (Å²) in [6.07, 6.45) is 2.16. The molecule has 1 aliphatic rings. The number of hydrogen-bond donors (Lipinski definition) is 1. The Hall–Kier alpha value is -0.190. The maximum Gasteiger partial charge on any atom is 0.161 e. The Bertz CT molecular complexity index is 472. The highest BCUT2D eigenvalue weighted by molar-refractivity contribution is 9.10. The smallest absolute Gasteiger partial charge is 0.161 e. The zero-order valence-electron chi connectivity index (χ0n) is 10.5. The lowest BCUT2D eigenvalue weighted by Crippen LogP contribution is -2.24. The minimum atomic E-state index is 0.109. The molecule has 0 atom stereocenters. The molecule has 1 aromatic carbocycles. The number of benzene rings is 1. The van der Waals surface area contributed by atoms with Gasteiger partial charge in [0.25, 0.3) is 0 Å². The third-order valence-corrected chi connectivity index (χ3v) is 5.38. The Morgan fingerprint density at radius 2 is 2.17 bits per heavy atom. The molecule has 1 heterocycles. The van der Waals surface area contributed by atoms with Gasteiger partial charge in [-0.05, 0) is 47.0 Å². The van der Waals surface area contributed by atoms with Gasteiger partial charge in [0.15, 0.2) is 5.17 Å². The van der Waals surface area contributed by atoms with Gasteiger partial charge in [-0.25, -0.2) is 0 Å². The molecule has 0 spiro atoms. The Morgan fingerprint density at radius 3 is 2.78 bits per heavy atom. The van der Waals surface area contributed by atoms with E-state index in [4.69, 9.17) is 16.6 Å². The maximum atomic E-state index is 6.01. The van der Waals surface area contributed by atoms with Crippen LogP contribution >= 0.6 is 39.3 Å². The fourth-order valence-electron chi connectivity index (χ4n) is 1.87. The SMILES string of the molecule is CCC1(CC)CSC(Nc2cc(Cl)ccc2Br)=N1. The zero-order chi connectivity index (χ0) is 13.2. The first kappa shape index (κ1) is 14.2. The summed E-state index contributed by atoms with van der Waals surface area (Å²) in [6, 6.07) is 5.72. The van der Waals surface area contributed by atoms with Crippen molar-refractivity contribution in [2.45, 2.75) is 32.2 Å². The molecular formula is C13H16BrClN2S. The second-order valence-corrected chi connectivity index (χ2v) is 6.64. The largest absolute Gasteiger partial charge is 0.334 e. The van der Waals surface area contributed by atoms with Gasteiger partial charge in [-0.1, -0.05) is 37.2 Å². The van der Waals surface area contributed by atoms with Crippen molar-refractivity contribution >= 4 is 50.1 Å². The number of amidine groups is 1. The van der Waals surface area contributed by atoms with Crippen molar-refractivity contribution in [3.63, 3.8) is 0 Å². The molecule has 5 heteroatoms. The first-order valence-corrected chi connectivity index (χ1v) is 8.19. The van der Waals surface area contributed by atoms with Crippen molar-refractivity contribution in [2.75, 3.05) is 11.1 Å². The monoisotopic (exact) mass is 346 g/mol. The summed E-state index contributed by atoms with van der Waals surface area (Å²) in [5.74, 6) is 1.06. The molecule has 0 unspecified atom stereocenters. The molecule has 98 valence electrons. The van der Waals surface area contributed by atoms with Crippen molar-refractivity contribution < 1.29 is 0 Å². The van der Waals surface area contributed by atoms with Crippen molar-refractivity contribution in [3.05, 3.63) is 27.7 Å². The second kappa shape index (κ2) is 5.85. The summed E-state index contributed by atoms with van der Waals surface area (Å²) in [5.41, 5.74) is 1.08. The van der Waals surface area contributed by atoms with E-state index in [9.17, 15) is 0 Å². The van der Waals surface area contributed by atoms with Gasteiger partial charge in [0, 0.05) is 15.2 Å². The van der Waals surface area contributed by atoms with E-state index in [0.717, 1.165) is 38.9 Å². The number of halogens is 2. The number of aliphatic imine (C=N–C) groups is 1. The molecular weight excluding hydrogens is 332 g/mol. The van der Waals surface area contributed by atoms with Gasteiger partial charge in [0.05, 0.1) is 11.2 Å². The minimum absolute atomic E-state index is 0.109. The van der Waals surface area contributed by atoms with E-state index in [-0.39, 0.29) is 5.54 Å². The molecule has 1 aliphatic heterocycles. The Morgan fingerprint density at radius 1 is 1.44 bits per heavy atom. The van der Waals surface area contributed by atoms with Gasteiger partial charge in [0.1, 0.15) is 0 Å². The zero-order valence-corrected chi connectivity index (χ0v) is 13.6. The van der Waals surface area contributed by atoms with Gasteiger partial charge in [-0.15, -0.1) is 0 Å². The normalized spacial score (nSPS) is 17.7. The van der Waals surface area contributed by atoms with Crippen molar-refractivity contribution in [3.8, 4) is 0 Å². The number of nitrogens with one attached hydrogen (secondary N) is 1. The number of anilines is 1. The average Bonchev–Trinajstić information content (AvgIpc) is 2.78. The highest BCUT2D eigenvalue weighted by atomic mass is 79.9. The van der Waals surface area contributed by atoms with Crippen LogP contribution in [0.4, 0.5) is 5.69 Å². The molecule has 2 rings (SSSR count). The molecule has 0 saturated heterocycles. The van der Waals surface area contributed by atoms with Crippen LogP contribution in [0.3, 0.4) is 0 Å². The van der Waals surface area contributed by atoms with Crippen molar-refractivity contribution in [1.29, 1.82) is 0 Å². The standard InChI is InChI=1S/C13H16BrClN2S/c1-3-13(4-2)8-18-12(17-13)16-11-7-9(15)5-6-10(11)14/h5-7H,3-4,8H2,1-2H3,(H,16,17). The van der Waals surface area contributed by atoms with Gasteiger partial charge >= 0.3 is 0 Å². The van der Waals surface area contributed by atoms with Crippen LogP contribution in [-0.2, 0) is 0 Å². The molecule has 0 aromatic heterocycles. The third-order valence-electron chi connectivity index (χ3n) is 3.30. The molecule has 0 bridgehead atoms. The van der Waals surface area contributed by atoms with E-state index in [1.54, 1.807) is 11.8 Å². The maximum absolute atomic E-state index is 6.01. The molecule has 0 fully saturated rings. The van der Waals surface area contributed by atoms with E-state index in [2.05, 4.69) is 35.1 Å². The Labute approximate surface area is 126 Å². The molecule has 0 radical (unpaired) electrons. The lowest BCUT2D eigenvalue weighted by molar-refractivity contribution is 0.456. The van der Waals surface area contributed by atoms with Crippen LogP contribution in [0.1, 0.15) is 26.7 Å².